The number of aliphatic hydroxyl groups is 2. The van der Waals surface area contributed by atoms with E-state index in [-0.39, 0.29) is 88.0 Å². The van der Waals surface area contributed by atoms with Crippen molar-refractivity contribution in [1.29, 1.82) is 0 Å². The summed E-state index contributed by atoms with van der Waals surface area (Å²) >= 11 is 2.67. The fourth-order valence-corrected chi connectivity index (χ4v) is 14.4. The van der Waals surface area contributed by atoms with Crippen LogP contribution in [0.4, 0.5) is 0 Å². The lowest BCUT2D eigenvalue weighted by Gasteiger charge is -2.32. The van der Waals surface area contributed by atoms with E-state index in [0.29, 0.717) is 50.7 Å². The molecule has 2 bridgehead atoms. The number of carbonyl (C=O) groups is 13. The first kappa shape index (κ1) is 91.0. The Morgan fingerprint density at radius 1 is 0.557 bits per heavy atom. The number of thioether (sulfide) groups is 2. The summed E-state index contributed by atoms with van der Waals surface area (Å²) in [6.45, 7) is 9.29. The van der Waals surface area contributed by atoms with Crippen LogP contribution in [0.5, 0.6) is 11.5 Å². The highest BCUT2D eigenvalue weighted by Gasteiger charge is 2.40. The second kappa shape index (κ2) is 44.5. The SMILES string of the molecule is CCC[C@@H]1NC(=O)[C@H](Cc2ccc(O)cc2)NC(=O)[C@H](CCC(=O)O)NC(=O)[C@H](CCCCN)NC(=O)[C@H](Cc2c[nH]c3ncccc23)NC(=O)[C@H]([C@@H](C)O)NC(=O)[C@H](Cc2cnc[nH]2)NC(=O)[C@H](Cc2ccc(O)cc2)NC(=O)[C@H](C(C)(C)C)NC(=O)CCSCc2cccc(c2)CSC[C@@H](C(N)=O)NC(=O)[C@H]([C@@H](C)O)NC1=O. The second-order valence-corrected chi connectivity index (χ2v) is 31.4. The van der Waals surface area contributed by atoms with Crippen molar-refractivity contribution in [2.24, 2.45) is 16.9 Å². The molecular weight excluding hydrogens is 1530 g/mol. The number of phenols is 2. The zero-order valence-corrected chi connectivity index (χ0v) is 66.5. The average Bonchev–Trinajstić information content (AvgIpc) is 1.70. The summed E-state index contributed by atoms with van der Waals surface area (Å²) in [6.07, 6.45) is 0.0856. The van der Waals surface area contributed by atoms with Gasteiger partial charge in [-0.25, -0.2) is 9.97 Å². The number of primary amides is 1. The number of aromatic amines is 2. The number of imidazole rings is 1. The summed E-state index contributed by atoms with van der Waals surface area (Å²) in [4.78, 5) is 201. The molecule has 22 N–H and O–H groups in total. The van der Waals surface area contributed by atoms with Gasteiger partial charge in [0.05, 0.1) is 18.5 Å². The van der Waals surface area contributed by atoms with Crippen LogP contribution < -0.4 is 70.0 Å². The van der Waals surface area contributed by atoms with E-state index < -0.39 is 174 Å². The maximum atomic E-state index is 15.2. The van der Waals surface area contributed by atoms with E-state index in [1.807, 2.05) is 24.3 Å². The van der Waals surface area contributed by atoms with E-state index in [0.717, 1.165) is 11.1 Å². The third-order valence-corrected chi connectivity index (χ3v) is 20.9. The van der Waals surface area contributed by atoms with Crippen LogP contribution in [0.25, 0.3) is 11.0 Å². The zero-order valence-electron chi connectivity index (χ0n) is 64.8. The molecule has 6 aromatic rings. The Morgan fingerprint density at radius 3 is 1.57 bits per heavy atom. The molecule has 0 saturated carbocycles. The number of aliphatic hydroxyl groups excluding tert-OH is 2. The molecule has 0 aliphatic carbocycles. The van der Waals surface area contributed by atoms with Crippen molar-refractivity contribution in [1.82, 2.24) is 78.4 Å². The van der Waals surface area contributed by atoms with Crippen molar-refractivity contribution in [3.05, 3.63) is 143 Å². The zero-order chi connectivity index (χ0) is 84.1. The molecule has 13 atom stereocenters. The van der Waals surface area contributed by atoms with E-state index >= 15 is 4.79 Å². The van der Waals surface area contributed by atoms with Gasteiger partial charge in [-0.1, -0.05) is 82.6 Å². The van der Waals surface area contributed by atoms with Crippen molar-refractivity contribution in [2.45, 2.75) is 209 Å². The highest BCUT2D eigenvalue weighted by Crippen LogP contribution is 2.24. The molecule has 1 aliphatic rings. The summed E-state index contributed by atoms with van der Waals surface area (Å²) in [7, 11) is 0. The fraction of sp³-hybridized carbons (Fsp3) is 0.474. The maximum absolute atomic E-state index is 15.2. The van der Waals surface area contributed by atoms with Gasteiger partial charge in [0.1, 0.15) is 83.6 Å². The van der Waals surface area contributed by atoms with E-state index in [4.69, 9.17) is 11.5 Å². The van der Waals surface area contributed by atoms with Crippen molar-refractivity contribution in [2.75, 3.05) is 18.1 Å². The number of fused-ring (bicyclic) bond motifs is 3. The molecule has 0 saturated heterocycles. The van der Waals surface area contributed by atoms with Gasteiger partial charge in [-0.2, -0.15) is 23.5 Å². The lowest BCUT2D eigenvalue weighted by molar-refractivity contribution is -0.139. The van der Waals surface area contributed by atoms with Gasteiger partial charge in [0.25, 0.3) is 0 Å². The smallest absolute Gasteiger partial charge is 0.303 e. The molecule has 35 nitrogen and oxygen atoms in total. The van der Waals surface area contributed by atoms with Crippen LogP contribution in [-0.4, -0.2) is 219 Å². The van der Waals surface area contributed by atoms with Crippen LogP contribution >= 0.6 is 23.5 Å². The van der Waals surface area contributed by atoms with Crippen LogP contribution in [0.2, 0.25) is 0 Å². The van der Waals surface area contributed by atoms with Crippen LogP contribution in [-0.2, 0) is 99.5 Å². The van der Waals surface area contributed by atoms with E-state index in [1.54, 1.807) is 39.8 Å². The third kappa shape index (κ3) is 29.0. The number of benzene rings is 3. The van der Waals surface area contributed by atoms with Gasteiger partial charge >= 0.3 is 5.97 Å². The van der Waals surface area contributed by atoms with Gasteiger partial charge in [0, 0.05) is 91.2 Å². The molecule has 12 amide bonds. The number of aliphatic carboxylic acids is 1. The Hall–Kier alpha value is -11.2. The number of hydrogen-bond acceptors (Lipinski definition) is 22. The highest BCUT2D eigenvalue weighted by molar-refractivity contribution is 7.98. The van der Waals surface area contributed by atoms with Gasteiger partial charge in [-0.3, -0.25) is 62.3 Å². The topological polar surface area (TPSA) is 565 Å². The molecule has 0 radical (unpaired) electrons. The monoisotopic (exact) mass is 1630 g/mol. The minimum Gasteiger partial charge on any atom is -0.508 e. The van der Waals surface area contributed by atoms with Crippen LogP contribution in [0.1, 0.15) is 126 Å². The lowest BCUT2D eigenvalue weighted by Crippen LogP contribution is -2.63. The average molecular weight is 1630 g/mol. The number of carboxylic acid groups (broad SMARTS) is 1. The first-order chi connectivity index (χ1) is 54.7. The van der Waals surface area contributed by atoms with Crippen molar-refractivity contribution >= 4 is 111 Å². The molecule has 0 spiro atoms. The number of pyridine rings is 1. The van der Waals surface area contributed by atoms with Crippen LogP contribution in [0.15, 0.2) is 110 Å². The predicted molar refractivity (Wildman–Crippen MR) is 427 cm³/mol. The summed E-state index contributed by atoms with van der Waals surface area (Å²) in [6, 6.07) is 4.41. The van der Waals surface area contributed by atoms with Crippen molar-refractivity contribution in [3.8, 4) is 11.5 Å². The number of carbonyl (C=O) groups excluding carboxylic acids is 12. The van der Waals surface area contributed by atoms with Gasteiger partial charge in [-0.15, -0.1) is 0 Å². The van der Waals surface area contributed by atoms with Crippen LogP contribution in [0.3, 0.4) is 0 Å². The maximum Gasteiger partial charge on any atom is 0.303 e. The molecule has 0 unspecified atom stereocenters. The number of aromatic hydroxyl groups is 2. The molecule has 4 heterocycles. The number of carboxylic acids is 1. The first-order valence-corrected chi connectivity index (χ1v) is 40.1. The second-order valence-electron chi connectivity index (χ2n) is 29.3. The summed E-state index contributed by atoms with van der Waals surface area (Å²) in [5, 5.41) is 82.2. The first-order valence-electron chi connectivity index (χ1n) is 37.8. The number of H-pyrrole nitrogens is 2. The Kier molecular flexibility index (Phi) is 35.2. The number of unbranched alkanes of at least 4 members (excludes halogenated alkanes) is 1. The Bertz CT molecular complexity index is 4310. The van der Waals surface area contributed by atoms with Gasteiger partial charge < -0.3 is 105 Å². The van der Waals surface area contributed by atoms with Gasteiger partial charge in [0.2, 0.25) is 70.9 Å². The number of hydrogen-bond donors (Lipinski definition) is 20. The van der Waals surface area contributed by atoms with Gasteiger partial charge in [-0.05, 0) is 122 Å². The van der Waals surface area contributed by atoms with Crippen LogP contribution in [0, 0.1) is 5.41 Å². The lowest BCUT2D eigenvalue weighted by atomic mass is 9.85. The Labute approximate surface area is 672 Å². The quantitative estimate of drug-likeness (QED) is 0.0446. The van der Waals surface area contributed by atoms with E-state index in [1.165, 1.54) is 111 Å². The molecule has 3 aromatic heterocycles. The summed E-state index contributed by atoms with van der Waals surface area (Å²) in [5.74, 6) is -12.3. The minimum atomic E-state index is -1.92. The normalized spacial score (nSPS) is 23.3. The number of rotatable bonds is 20. The number of nitrogens with one attached hydrogen (secondary N) is 13. The van der Waals surface area contributed by atoms with Gasteiger partial charge in [0.15, 0.2) is 0 Å². The third-order valence-electron chi connectivity index (χ3n) is 18.8. The number of aromatic nitrogens is 4. The predicted octanol–water partition coefficient (Wildman–Crippen LogP) is -0.0422. The molecule has 1 aliphatic heterocycles. The molecular formula is C78H105N17O18S2. The van der Waals surface area contributed by atoms with E-state index in [9.17, 15) is 83.1 Å². The number of amides is 12. The standard InChI is InChI=1S/C78H105N17O18S2/c1-7-12-53-70(106)94-64(43(3)97)76(112)92-60(66(80)103)40-115-39-47-14-10-13-46(31-47)38-114-30-27-61(100)93-65(78(4,5)6)77(113)91-57(33-45-19-23-51(99)24-20-45)72(108)89-59(35-49-37-81-41-84-49)74(110)95-63(42(2)96)75(111)90-58(34-48-36-83-67-52(48)15-11-29-82-67)73(109)86-54(16-8-9-28-79)68(104)87-55(25-26-62(101)102)69(105)88-56(71(107)85-53)32-44-17-21-50(98)22-18-44/h10-11,13-15,17-24,29,31,36-37,41-43,53-60,63-65,96-99H,7-9,12,16,25-28,30,32-35,38-40,79H2,1-6H3,(H2,80,103)(H,81,84)(H,82,83)(H,85,107)(H,86,109)(H,87,104)(H,88,105)(H,89,108)(H,90,111)(H,91,113)(H,92,112)(H,93,100)(H,94,106)(H,95,110)(H,101,102)/t42-,43-,53+,54+,55+,56+,57+,58+,59+,60+,63+,64+,65-/m1/s1. The van der Waals surface area contributed by atoms with E-state index in [2.05, 4.69) is 78.4 Å². The minimum absolute atomic E-state index is 0.0446. The molecule has 3 aromatic carbocycles. The fourth-order valence-electron chi connectivity index (χ4n) is 12.5. The number of nitrogens with two attached hydrogens (primary N) is 2. The largest absolute Gasteiger partial charge is 0.508 e. The molecule has 37 heteroatoms. The Morgan fingerprint density at radius 2 is 1.04 bits per heavy atom. The number of nitrogens with zero attached hydrogens (tertiary/aromatic N) is 2. The molecule has 115 heavy (non-hydrogen) atoms. The highest BCUT2D eigenvalue weighted by atomic mass is 32.2. The molecule has 622 valence electrons. The van der Waals surface area contributed by atoms with Crippen molar-refractivity contribution in [3.63, 3.8) is 0 Å². The summed E-state index contributed by atoms with van der Waals surface area (Å²) in [5.41, 5.74) is 14.3. The van der Waals surface area contributed by atoms with Crippen molar-refractivity contribution < 1.29 is 87.9 Å². The molecule has 7 rings (SSSR count). The molecule has 0 fully saturated rings. The Balaban J connectivity index is 1.26. The summed E-state index contributed by atoms with van der Waals surface area (Å²) < 4.78 is 0. The number of phenolic OH excluding ortho intramolecular Hbond substituents is 2.